The molecule has 2 atom stereocenters. The first-order valence-corrected chi connectivity index (χ1v) is 6.33. The highest BCUT2D eigenvalue weighted by Crippen LogP contribution is 2.20. The standard InChI is InChI=1S/C12H14BrN3O2/c1-3-7(2)10(12(17)18)16-11-8(5-14)4-9(13)6-15-11/h4,6-7,10H,3H2,1-2H3,(H,15,16)(H,17,18)/t7-,10-/m0/s1. The first-order valence-electron chi connectivity index (χ1n) is 5.54. The highest BCUT2D eigenvalue weighted by Gasteiger charge is 2.24. The van der Waals surface area contributed by atoms with Crippen LogP contribution in [-0.4, -0.2) is 22.1 Å². The summed E-state index contributed by atoms with van der Waals surface area (Å²) in [5, 5.41) is 21.0. The van der Waals surface area contributed by atoms with Gasteiger partial charge in [-0.15, -0.1) is 0 Å². The van der Waals surface area contributed by atoms with Gasteiger partial charge in [-0.25, -0.2) is 9.78 Å². The molecule has 0 saturated carbocycles. The Morgan fingerprint density at radius 3 is 2.89 bits per heavy atom. The maximum absolute atomic E-state index is 11.2. The van der Waals surface area contributed by atoms with E-state index in [1.807, 2.05) is 19.9 Å². The van der Waals surface area contributed by atoms with Crippen molar-refractivity contribution in [1.82, 2.24) is 4.98 Å². The van der Waals surface area contributed by atoms with E-state index in [-0.39, 0.29) is 5.92 Å². The van der Waals surface area contributed by atoms with Gasteiger partial charge in [-0.2, -0.15) is 5.26 Å². The molecule has 0 saturated heterocycles. The lowest BCUT2D eigenvalue weighted by atomic mass is 9.99. The number of anilines is 1. The summed E-state index contributed by atoms with van der Waals surface area (Å²) in [6.45, 7) is 3.76. The molecule has 1 rings (SSSR count). The van der Waals surface area contributed by atoms with Gasteiger partial charge >= 0.3 is 5.97 Å². The van der Waals surface area contributed by atoms with Crippen LogP contribution in [0.5, 0.6) is 0 Å². The molecule has 2 N–H and O–H groups in total. The van der Waals surface area contributed by atoms with E-state index in [2.05, 4.69) is 26.2 Å². The van der Waals surface area contributed by atoms with Crippen molar-refractivity contribution in [1.29, 1.82) is 5.26 Å². The van der Waals surface area contributed by atoms with Crippen LogP contribution in [0.2, 0.25) is 0 Å². The highest BCUT2D eigenvalue weighted by atomic mass is 79.9. The van der Waals surface area contributed by atoms with Gasteiger partial charge < -0.3 is 10.4 Å². The van der Waals surface area contributed by atoms with Gasteiger partial charge in [0.1, 0.15) is 17.9 Å². The topological polar surface area (TPSA) is 86.0 Å². The first kappa shape index (κ1) is 14.5. The van der Waals surface area contributed by atoms with Crippen molar-refractivity contribution in [2.75, 3.05) is 5.32 Å². The van der Waals surface area contributed by atoms with Crippen LogP contribution in [0.4, 0.5) is 5.82 Å². The van der Waals surface area contributed by atoms with E-state index < -0.39 is 12.0 Å². The summed E-state index contributed by atoms with van der Waals surface area (Å²) >= 11 is 3.22. The summed E-state index contributed by atoms with van der Waals surface area (Å²) in [5.74, 6) is -0.703. The van der Waals surface area contributed by atoms with E-state index in [9.17, 15) is 9.90 Å². The van der Waals surface area contributed by atoms with Gasteiger partial charge in [-0.1, -0.05) is 20.3 Å². The van der Waals surface area contributed by atoms with E-state index in [1.54, 1.807) is 6.07 Å². The van der Waals surface area contributed by atoms with Gasteiger partial charge in [0.2, 0.25) is 0 Å². The Morgan fingerprint density at radius 1 is 1.72 bits per heavy atom. The summed E-state index contributed by atoms with van der Waals surface area (Å²) in [6.07, 6.45) is 2.25. The van der Waals surface area contributed by atoms with Crippen molar-refractivity contribution in [3.63, 3.8) is 0 Å². The zero-order chi connectivity index (χ0) is 13.7. The van der Waals surface area contributed by atoms with Crippen molar-refractivity contribution < 1.29 is 9.90 Å². The van der Waals surface area contributed by atoms with Crippen LogP contribution < -0.4 is 5.32 Å². The molecule has 1 aromatic rings. The molecular formula is C12H14BrN3O2. The summed E-state index contributed by atoms with van der Waals surface area (Å²) in [7, 11) is 0. The van der Waals surface area contributed by atoms with Crippen LogP contribution in [0, 0.1) is 17.2 Å². The average Bonchev–Trinajstić information content (AvgIpc) is 2.35. The normalized spacial score (nSPS) is 13.4. The third-order valence-electron chi connectivity index (χ3n) is 2.75. The second kappa shape index (κ2) is 6.36. The molecule has 0 spiro atoms. The summed E-state index contributed by atoms with van der Waals surface area (Å²) in [6, 6.07) is 2.84. The maximum atomic E-state index is 11.2. The minimum absolute atomic E-state index is 0.0560. The highest BCUT2D eigenvalue weighted by molar-refractivity contribution is 9.10. The number of carbonyl (C=O) groups is 1. The zero-order valence-electron chi connectivity index (χ0n) is 10.1. The van der Waals surface area contributed by atoms with Gasteiger partial charge in [0.05, 0.1) is 5.56 Å². The fraction of sp³-hybridized carbons (Fsp3) is 0.417. The van der Waals surface area contributed by atoms with Crippen molar-refractivity contribution in [3.8, 4) is 6.07 Å². The van der Waals surface area contributed by atoms with Gasteiger partial charge in [0.15, 0.2) is 0 Å². The molecule has 0 aliphatic heterocycles. The fourth-order valence-electron chi connectivity index (χ4n) is 1.47. The number of halogens is 1. The molecule has 6 heteroatoms. The predicted octanol–water partition coefficient (Wildman–Crippen LogP) is 2.63. The number of nitrogens with zero attached hydrogens (tertiary/aromatic N) is 2. The molecule has 0 bridgehead atoms. The Bertz CT molecular complexity index is 485. The number of nitrogens with one attached hydrogen (secondary N) is 1. The fourth-order valence-corrected chi connectivity index (χ4v) is 1.80. The molecule has 0 fully saturated rings. The Hall–Kier alpha value is -1.61. The third-order valence-corrected chi connectivity index (χ3v) is 3.18. The Morgan fingerprint density at radius 2 is 2.39 bits per heavy atom. The van der Waals surface area contributed by atoms with E-state index in [0.717, 1.165) is 6.42 Å². The number of aromatic nitrogens is 1. The number of carboxylic acid groups (broad SMARTS) is 1. The van der Waals surface area contributed by atoms with E-state index in [4.69, 9.17) is 5.26 Å². The maximum Gasteiger partial charge on any atom is 0.326 e. The minimum atomic E-state index is -0.946. The van der Waals surface area contributed by atoms with Gasteiger partial charge in [-0.3, -0.25) is 0 Å². The van der Waals surface area contributed by atoms with Crippen LogP contribution in [0.1, 0.15) is 25.8 Å². The Balaban J connectivity index is 3.01. The number of hydrogen-bond acceptors (Lipinski definition) is 4. The second-order valence-corrected chi connectivity index (χ2v) is 4.92. The quantitative estimate of drug-likeness (QED) is 0.873. The van der Waals surface area contributed by atoms with Crippen molar-refractivity contribution in [2.45, 2.75) is 26.3 Å². The van der Waals surface area contributed by atoms with E-state index >= 15 is 0 Å². The van der Waals surface area contributed by atoms with Gasteiger partial charge in [0.25, 0.3) is 0 Å². The number of carboxylic acids is 1. The summed E-state index contributed by atoms with van der Waals surface area (Å²) < 4.78 is 0.681. The number of hydrogen-bond donors (Lipinski definition) is 2. The SMILES string of the molecule is CC[C@H](C)[C@H](Nc1ncc(Br)cc1C#N)C(=O)O. The van der Waals surface area contributed by atoms with E-state index in [1.165, 1.54) is 6.20 Å². The average molecular weight is 312 g/mol. The van der Waals surface area contributed by atoms with Crippen LogP contribution in [0.25, 0.3) is 0 Å². The molecule has 18 heavy (non-hydrogen) atoms. The Labute approximate surface area is 114 Å². The molecule has 0 aliphatic rings. The molecule has 0 aliphatic carbocycles. The van der Waals surface area contributed by atoms with Crippen LogP contribution >= 0.6 is 15.9 Å². The zero-order valence-corrected chi connectivity index (χ0v) is 11.7. The molecule has 0 aromatic carbocycles. The molecule has 0 amide bonds. The summed E-state index contributed by atoms with van der Waals surface area (Å²) in [4.78, 5) is 15.2. The number of nitriles is 1. The number of pyridine rings is 1. The minimum Gasteiger partial charge on any atom is -0.480 e. The van der Waals surface area contributed by atoms with Crippen molar-refractivity contribution >= 4 is 27.7 Å². The van der Waals surface area contributed by atoms with Gasteiger partial charge in [0, 0.05) is 10.7 Å². The Kier molecular flexibility index (Phi) is 5.10. The van der Waals surface area contributed by atoms with E-state index in [0.29, 0.717) is 15.9 Å². The predicted molar refractivity (Wildman–Crippen MR) is 71.2 cm³/mol. The van der Waals surface area contributed by atoms with Crippen molar-refractivity contribution in [2.24, 2.45) is 5.92 Å². The monoisotopic (exact) mass is 311 g/mol. The van der Waals surface area contributed by atoms with Crippen LogP contribution in [0.3, 0.4) is 0 Å². The first-order chi connectivity index (χ1) is 8.49. The molecule has 0 unspecified atom stereocenters. The molecule has 5 nitrogen and oxygen atoms in total. The molecule has 1 aromatic heterocycles. The molecular weight excluding hydrogens is 298 g/mol. The molecule has 1 heterocycles. The third kappa shape index (κ3) is 3.44. The number of aliphatic carboxylic acids is 1. The lowest BCUT2D eigenvalue weighted by molar-refractivity contribution is -0.139. The smallest absolute Gasteiger partial charge is 0.326 e. The number of rotatable bonds is 5. The lowest BCUT2D eigenvalue weighted by Gasteiger charge is -2.21. The second-order valence-electron chi connectivity index (χ2n) is 4.01. The molecule has 96 valence electrons. The lowest BCUT2D eigenvalue weighted by Crippen LogP contribution is -2.35. The van der Waals surface area contributed by atoms with Gasteiger partial charge in [-0.05, 0) is 27.9 Å². The van der Waals surface area contributed by atoms with Crippen LogP contribution in [-0.2, 0) is 4.79 Å². The summed E-state index contributed by atoms with van der Waals surface area (Å²) in [5.41, 5.74) is 0.318. The van der Waals surface area contributed by atoms with Crippen molar-refractivity contribution in [3.05, 3.63) is 22.3 Å². The van der Waals surface area contributed by atoms with Crippen LogP contribution in [0.15, 0.2) is 16.7 Å². The molecule has 0 radical (unpaired) electrons. The largest absolute Gasteiger partial charge is 0.480 e.